The minimum Gasteiger partial charge on any atom is -0.392 e. The zero-order chi connectivity index (χ0) is 14.1. The van der Waals surface area contributed by atoms with E-state index in [1.807, 2.05) is 0 Å². The Morgan fingerprint density at radius 2 is 1.95 bits per heavy atom. The van der Waals surface area contributed by atoms with Crippen molar-refractivity contribution in [2.75, 3.05) is 31.1 Å². The minimum atomic E-state index is -0.359. The van der Waals surface area contributed by atoms with Gasteiger partial charge in [-0.3, -0.25) is 15.0 Å². The van der Waals surface area contributed by atoms with E-state index < -0.39 is 0 Å². The summed E-state index contributed by atoms with van der Waals surface area (Å²) in [6.45, 7) is 3.44. The van der Waals surface area contributed by atoms with Crippen LogP contribution in [0.1, 0.15) is 18.4 Å². The Bertz CT molecular complexity index is 508. The molecule has 0 spiro atoms. The lowest BCUT2D eigenvalue weighted by molar-refractivity contribution is -0.384. The number of hydrogen-bond donors (Lipinski definition) is 1. The van der Waals surface area contributed by atoms with Crippen molar-refractivity contribution in [3.8, 4) is 0 Å². The van der Waals surface area contributed by atoms with Gasteiger partial charge in [0.05, 0.1) is 11.5 Å². The van der Waals surface area contributed by atoms with Gasteiger partial charge in [0.25, 0.3) is 5.69 Å². The van der Waals surface area contributed by atoms with Crippen LogP contribution in [0.5, 0.6) is 0 Å². The molecule has 1 saturated carbocycles. The second kappa shape index (κ2) is 5.38. The third-order valence-electron chi connectivity index (χ3n) is 4.14. The van der Waals surface area contributed by atoms with Crippen molar-refractivity contribution in [3.63, 3.8) is 0 Å². The van der Waals surface area contributed by atoms with Crippen molar-refractivity contribution >= 4 is 11.4 Å². The van der Waals surface area contributed by atoms with Gasteiger partial charge < -0.3 is 10.0 Å². The summed E-state index contributed by atoms with van der Waals surface area (Å²) in [6.07, 6.45) is 2.59. The predicted molar refractivity (Wildman–Crippen MR) is 75.8 cm³/mol. The lowest BCUT2D eigenvalue weighted by atomic mass is 10.1. The van der Waals surface area contributed by atoms with Crippen molar-refractivity contribution in [2.24, 2.45) is 0 Å². The summed E-state index contributed by atoms with van der Waals surface area (Å²) in [7, 11) is 0. The van der Waals surface area contributed by atoms with Crippen LogP contribution in [0.3, 0.4) is 0 Å². The van der Waals surface area contributed by atoms with Gasteiger partial charge in [0.15, 0.2) is 0 Å². The number of anilines is 1. The van der Waals surface area contributed by atoms with Gasteiger partial charge in [-0.15, -0.1) is 0 Å². The van der Waals surface area contributed by atoms with Crippen LogP contribution >= 0.6 is 0 Å². The molecular formula is C14H19N3O3. The highest BCUT2D eigenvalue weighted by Crippen LogP contribution is 2.32. The zero-order valence-electron chi connectivity index (χ0n) is 11.4. The lowest BCUT2D eigenvalue weighted by Crippen LogP contribution is -2.47. The molecule has 0 aromatic heterocycles. The zero-order valence-corrected chi connectivity index (χ0v) is 11.4. The van der Waals surface area contributed by atoms with Gasteiger partial charge in [-0.1, -0.05) is 6.07 Å². The maximum Gasteiger partial charge on any atom is 0.292 e. The number of aliphatic hydroxyl groups excluding tert-OH is 1. The molecule has 0 amide bonds. The monoisotopic (exact) mass is 277 g/mol. The number of nitro benzene ring substituents is 1. The minimum absolute atomic E-state index is 0.0939. The Morgan fingerprint density at radius 1 is 1.25 bits per heavy atom. The largest absolute Gasteiger partial charge is 0.392 e. The number of benzene rings is 1. The van der Waals surface area contributed by atoms with Gasteiger partial charge >= 0.3 is 0 Å². The van der Waals surface area contributed by atoms with E-state index in [4.69, 9.17) is 5.11 Å². The van der Waals surface area contributed by atoms with Crippen LogP contribution in [-0.4, -0.2) is 47.2 Å². The molecule has 1 N–H and O–H groups in total. The van der Waals surface area contributed by atoms with E-state index in [2.05, 4.69) is 9.80 Å². The Hall–Kier alpha value is -1.66. The van der Waals surface area contributed by atoms with Gasteiger partial charge in [-0.05, 0) is 24.5 Å². The van der Waals surface area contributed by atoms with Crippen LogP contribution in [0, 0.1) is 10.1 Å². The highest BCUT2D eigenvalue weighted by atomic mass is 16.6. The lowest BCUT2D eigenvalue weighted by Gasteiger charge is -2.35. The molecule has 6 heteroatoms. The first-order valence-corrected chi connectivity index (χ1v) is 7.06. The normalized spacial score (nSPS) is 20.1. The SMILES string of the molecule is O=[N+]([O-])c1cc(CO)ccc1N1CCN(C2CC2)CC1. The first-order chi connectivity index (χ1) is 9.69. The second-order valence-electron chi connectivity index (χ2n) is 5.49. The van der Waals surface area contributed by atoms with E-state index >= 15 is 0 Å². The molecule has 2 fully saturated rings. The summed E-state index contributed by atoms with van der Waals surface area (Å²) < 4.78 is 0. The molecule has 0 unspecified atom stereocenters. The van der Waals surface area contributed by atoms with Crippen LogP contribution in [0.15, 0.2) is 18.2 Å². The summed E-state index contributed by atoms with van der Waals surface area (Å²) in [4.78, 5) is 15.4. The smallest absolute Gasteiger partial charge is 0.292 e. The molecule has 1 aromatic carbocycles. The summed E-state index contributed by atoms with van der Waals surface area (Å²) in [6, 6.07) is 5.75. The molecule has 6 nitrogen and oxygen atoms in total. The van der Waals surface area contributed by atoms with Gasteiger partial charge in [0, 0.05) is 38.3 Å². The molecule has 108 valence electrons. The third-order valence-corrected chi connectivity index (χ3v) is 4.14. The van der Waals surface area contributed by atoms with Gasteiger partial charge in [0.1, 0.15) is 5.69 Å². The number of aliphatic hydroxyl groups is 1. The number of piperazine rings is 1. The van der Waals surface area contributed by atoms with E-state index in [1.165, 1.54) is 18.9 Å². The van der Waals surface area contributed by atoms with Crippen LogP contribution < -0.4 is 4.90 Å². The molecule has 3 rings (SSSR count). The van der Waals surface area contributed by atoms with E-state index in [-0.39, 0.29) is 17.2 Å². The molecular weight excluding hydrogens is 258 g/mol. The summed E-state index contributed by atoms with van der Waals surface area (Å²) in [5.74, 6) is 0. The van der Waals surface area contributed by atoms with Crippen molar-refractivity contribution in [2.45, 2.75) is 25.5 Å². The Balaban J connectivity index is 1.77. The number of nitro groups is 1. The topological polar surface area (TPSA) is 69.8 Å². The first kappa shape index (κ1) is 13.3. The van der Waals surface area contributed by atoms with Crippen molar-refractivity contribution in [1.29, 1.82) is 0 Å². The van der Waals surface area contributed by atoms with Crippen LogP contribution in [0.2, 0.25) is 0 Å². The molecule has 1 aliphatic heterocycles. The number of nitrogens with zero attached hydrogens (tertiary/aromatic N) is 3. The molecule has 1 aliphatic carbocycles. The van der Waals surface area contributed by atoms with Crippen LogP contribution in [0.4, 0.5) is 11.4 Å². The Labute approximate surface area is 117 Å². The fraction of sp³-hybridized carbons (Fsp3) is 0.571. The van der Waals surface area contributed by atoms with Crippen LogP contribution in [0.25, 0.3) is 0 Å². The van der Waals surface area contributed by atoms with Gasteiger partial charge in [-0.2, -0.15) is 0 Å². The number of rotatable bonds is 4. The summed E-state index contributed by atoms with van der Waals surface area (Å²) >= 11 is 0. The quantitative estimate of drug-likeness (QED) is 0.665. The van der Waals surface area contributed by atoms with E-state index in [0.717, 1.165) is 32.2 Å². The summed E-state index contributed by atoms with van der Waals surface area (Å²) in [5, 5.41) is 20.3. The van der Waals surface area contributed by atoms with E-state index in [1.54, 1.807) is 12.1 Å². The third kappa shape index (κ3) is 2.62. The maximum absolute atomic E-state index is 11.2. The molecule has 2 aliphatic rings. The molecule has 1 saturated heterocycles. The predicted octanol–water partition coefficient (Wildman–Crippen LogP) is 1.37. The van der Waals surface area contributed by atoms with Gasteiger partial charge in [0.2, 0.25) is 0 Å². The van der Waals surface area contributed by atoms with E-state index in [9.17, 15) is 10.1 Å². The highest BCUT2D eigenvalue weighted by molar-refractivity contribution is 5.64. The maximum atomic E-state index is 11.2. The molecule has 1 aromatic rings. The first-order valence-electron chi connectivity index (χ1n) is 7.06. The fourth-order valence-electron chi connectivity index (χ4n) is 2.85. The molecule has 0 radical (unpaired) electrons. The fourth-order valence-corrected chi connectivity index (χ4v) is 2.85. The van der Waals surface area contributed by atoms with Crippen molar-refractivity contribution in [3.05, 3.63) is 33.9 Å². The number of hydrogen-bond acceptors (Lipinski definition) is 5. The average molecular weight is 277 g/mol. The highest BCUT2D eigenvalue weighted by Gasteiger charge is 2.32. The molecule has 0 atom stereocenters. The standard InChI is InChI=1S/C14H19N3O3/c18-10-11-1-4-13(14(9-11)17(19)20)16-7-5-15(6-8-16)12-2-3-12/h1,4,9,12,18H,2-3,5-8,10H2. The summed E-state index contributed by atoms with van der Waals surface area (Å²) in [5.41, 5.74) is 1.34. The Kier molecular flexibility index (Phi) is 3.58. The van der Waals surface area contributed by atoms with Gasteiger partial charge in [-0.25, -0.2) is 0 Å². The van der Waals surface area contributed by atoms with Crippen molar-refractivity contribution < 1.29 is 10.0 Å². The molecule has 20 heavy (non-hydrogen) atoms. The van der Waals surface area contributed by atoms with Crippen molar-refractivity contribution in [1.82, 2.24) is 4.90 Å². The molecule has 0 bridgehead atoms. The molecule has 1 heterocycles. The second-order valence-corrected chi connectivity index (χ2v) is 5.49. The van der Waals surface area contributed by atoms with Crippen LogP contribution in [-0.2, 0) is 6.61 Å². The Morgan fingerprint density at radius 3 is 2.50 bits per heavy atom. The van der Waals surface area contributed by atoms with E-state index in [0.29, 0.717) is 11.3 Å². The average Bonchev–Trinajstić information content (AvgIpc) is 3.31.